The molecule has 1 fully saturated rings. The largest absolute Gasteiger partial charge is 0.325 e. The Morgan fingerprint density at radius 1 is 0.935 bits per heavy atom. The highest BCUT2D eigenvalue weighted by molar-refractivity contribution is 7.90. The van der Waals surface area contributed by atoms with E-state index < -0.39 is 19.9 Å². The molecule has 0 unspecified atom stereocenters. The molecule has 31 heavy (non-hydrogen) atoms. The summed E-state index contributed by atoms with van der Waals surface area (Å²) in [5.74, 6) is -0.238. The number of aryl methyl sites for hydroxylation is 2. The fourth-order valence-corrected chi connectivity index (χ4v) is 5.80. The second kappa shape index (κ2) is 9.07. The molecule has 0 radical (unpaired) electrons. The van der Waals surface area contributed by atoms with Crippen molar-refractivity contribution in [1.82, 2.24) is 9.21 Å². The zero-order valence-corrected chi connectivity index (χ0v) is 19.5. The van der Waals surface area contributed by atoms with Gasteiger partial charge in [0, 0.05) is 38.1 Å². The number of sulfone groups is 1. The summed E-state index contributed by atoms with van der Waals surface area (Å²) in [5, 5.41) is 2.74. The minimum absolute atomic E-state index is 0.130. The zero-order chi connectivity index (χ0) is 22.8. The Morgan fingerprint density at radius 2 is 1.55 bits per heavy atom. The van der Waals surface area contributed by atoms with Gasteiger partial charge in [0.15, 0.2) is 9.84 Å². The molecular formula is C21H27N3O5S2. The Bertz CT molecular complexity index is 1170. The maximum Gasteiger partial charge on any atom is 0.243 e. The van der Waals surface area contributed by atoms with Crippen molar-refractivity contribution in [2.45, 2.75) is 23.6 Å². The third kappa shape index (κ3) is 5.70. The molecule has 3 rings (SSSR count). The molecular weight excluding hydrogens is 438 g/mol. The van der Waals surface area contributed by atoms with E-state index in [1.54, 1.807) is 31.2 Å². The van der Waals surface area contributed by atoms with E-state index in [1.165, 1.54) is 16.4 Å². The highest BCUT2D eigenvalue weighted by Crippen LogP contribution is 2.22. The van der Waals surface area contributed by atoms with Gasteiger partial charge in [-0.25, -0.2) is 16.8 Å². The van der Waals surface area contributed by atoms with Gasteiger partial charge in [-0.05, 0) is 49.7 Å². The molecule has 168 valence electrons. The molecule has 0 aliphatic carbocycles. The maximum atomic E-state index is 13.0. The number of hydrogen-bond donors (Lipinski definition) is 1. The summed E-state index contributed by atoms with van der Waals surface area (Å²) in [5.41, 5.74) is 2.25. The van der Waals surface area contributed by atoms with Crippen LogP contribution in [0.4, 0.5) is 5.69 Å². The second-order valence-electron chi connectivity index (χ2n) is 7.79. The lowest BCUT2D eigenvalue weighted by molar-refractivity contribution is -0.117. The van der Waals surface area contributed by atoms with Crippen LogP contribution >= 0.6 is 0 Å². The Kier molecular flexibility index (Phi) is 6.85. The van der Waals surface area contributed by atoms with Crippen LogP contribution in [-0.2, 0) is 24.7 Å². The van der Waals surface area contributed by atoms with Crippen molar-refractivity contribution in [3.8, 4) is 0 Å². The number of carbonyl (C=O) groups is 1. The average Bonchev–Trinajstić information content (AvgIpc) is 2.67. The average molecular weight is 466 g/mol. The van der Waals surface area contributed by atoms with Crippen molar-refractivity contribution in [2.24, 2.45) is 0 Å². The van der Waals surface area contributed by atoms with Gasteiger partial charge in [0.1, 0.15) is 0 Å². The number of amides is 1. The molecule has 2 aromatic carbocycles. The quantitative estimate of drug-likeness (QED) is 0.696. The summed E-state index contributed by atoms with van der Waals surface area (Å²) in [7, 11) is -6.86. The third-order valence-corrected chi connectivity index (χ3v) is 8.40. The van der Waals surface area contributed by atoms with Crippen LogP contribution in [0.2, 0.25) is 0 Å². The first-order chi connectivity index (χ1) is 14.5. The van der Waals surface area contributed by atoms with Gasteiger partial charge in [-0.2, -0.15) is 4.31 Å². The smallest absolute Gasteiger partial charge is 0.243 e. The van der Waals surface area contributed by atoms with Crippen molar-refractivity contribution in [3.63, 3.8) is 0 Å². The molecule has 1 saturated heterocycles. The molecule has 1 heterocycles. The van der Waals surface area contributed by atoms with Crippen LogP contribution in [0.1, 0.15) is 11.1 Å². The predicted octanol–water partition coefficient (Wildman–Crippen LogP) is 1.65. The standard InChI is InChI=1S/C21H27N3O5S2/c1-16-4-9-20(17(2)14-16)31(28,29)24-12-10-23(11-13-24)15-21(25)22-18-5-7-19(8-6-18)30(3,26)27/h4-9,14H,10-13,15H2,1-3H3,(H,22,25). The van der Waals surface area contributed by atoms with Gasteiger partial charge >= 0.3 is 0 Å². The van der Waals surface area contributed by atoms with E-state index in [0.29, 0.717) is 36.8 Å². The molecule has 1 aliphatic heterocycles. The molecule has 1 aliphatic rings. The zero-order valence-electron chi connectivity index (χ0n) is 17.8. The monoisotopic (exact) mass is 465 g/mol. The number of piperazine rings is 1. The summed E-state index contributed by atoms with van der Waals surface area (Å²) in [6.45, 7) is 5.37. The summed E-state index contributed by atoms with van der Waals surface area (Å²) in [4.78, 5) is 14.7. The first kappa shape index (κ1) is 23.4. The van der Waals surface area contributed by atoms with Gasteiger partial charge < -0.3 is 5.32 Å². The van der Waals surface area contributed by atoms with Crippen LogP contribution in [0.15, 0.2) is 52.3 Å². The minimum Gasteiger partial charge on any atom is -0.325 e. The highest BCUT2D eigenvalue weighted by Gasteiger charge is 2.30. The van der Waals surface area contributed by atoms with E-state index in [4.69, 9.17) is 0 Å². The molecule has 0 saturated carbocycles. The van der Waals surface area contributed by atoms with Gasteiger partial charge in [0.05, 0.1) is 16.3 Å². The first-order valence-corrected chi connectivity index (χ1v) is 13.2. The number of hydrogen-bond acceptors (Lipinski definition) is 6. The van der Waals surface area contributed by atoms with Gasteiger partial charge in [-0.1, -0.05) is 17.7 Å². The number of sulfonamides is 1. The van der Waals surface area contributed by atoms with Crippen molar-refractivity contribution in [2.75, 3.05) is 44.3 Å². The topological polar surface area (TPSA) is 104 Å². The summed E-state index contributed by atoms with van der Waals surface area (Å²) < 4.78 is 50.4. The van der Waals surface area contributed by atoms with Crippen molar-refractivity contribution >= 4 is 31.5 Å². The number of benzene rings is 2. The van der Waals surface area contributed by atoms with E-state index in [0.717, 1.165) is 17.4 Å². The third-order valence-electron chi connectivity index (χ3n) is 5.21. The highest BCUT2D eigenvalue weighted by atomic mass is 32.2. The fourth-order valence-electron chi connectivity index (χ4n) is 3.54. The van der Waals surface area contributed by atoms with Crippen molar-refractivity contribution < 1.29 is 21.6 Å². The number of carbonyl (C=O) groups excluding carboxylic acids is 1. The molecule has 10 heteroatoms. The molecule has 0 spiro atoms. The first-order valence-electron chi connectivity index (χ1n) is 9.86. The molecule has 1 amide bonds. The van der Waals surface area contributed by atoms with Gasteiger partial charge in [0.25, 0.3) is 0 Å². The van der Waals surface area contributed by atoms with Crippen LogP contribution in [-0.4, -0.2) is 70.9 Å². The van der Waals surface area contributed by atoms with Crippen LogP contribution in [0, 0.1) is 13.8 Å². The molecule has 2 aromatic rings. The van der Waals surface area contributed by atoms with Crippen LogP contribution in [0.25, 0.3) is 0 Å². The molecule has 0 aromatic heterocycles. The SMILES string of the molecule is Cc1ccc(S(=O)(=O)N2CCN(CC(=O)Nc3ccc(S(C)(=O)=O)cc3)CC2)c(C)c1. The van der Waals surface area contributed by atoms with E-state index in [2.05, 4.69) is 5.32 Å². The molecule has 8 nitrogen and oxygen atoms in total. The number of nitrogens with one attached hydrogen (secondary N) is 1. The number of rotatable bonds is 6. The molecule has 0 atom stereocenters. The van der Waals surface area contributed by atoms with E-state index in [1.807, 2.05) is 17.9 Å². The van der Waals surface area contributed by atoms with E-state index >= 15 is 0 Å². The van der Waals surface area contributed by atoms with Crippen molar-refractivity contribution in [3.05, 3.63) is 53.6 Å². The Labute approximate surface area is 183 Å². The predicted molar refractivity (Wildman–Crippen MR) is 119 cm³/mol. The lowest BCUT2D eigenvalue weighted by Gasteiger charge is -2.33. The summed E-state index contributed by atoms with van der Waals surface area (Å²) in [6.07, 6.45) is 1.13. The van der Waals surface area contributed by atoms with Gasteiger partial charge in [0.2, 0.25) is 15.9 Å². The summed E-state index contributed by atoms with van der Waals surface area (Å²) >= 11 is 0. The van der Waals surface area contributed by atoms with Gasteiger partial charge in [-0.15, -0.1) is 0 Å². The number of nitrogens with zero attached hydrogens (tertiary/aromatic N) is 2. The summed E-state index contributed by atoms with van der Waals surface area (Å²) in [6, 6.07) is 11.3. The van der Waals surface area contributed by atoms with Crippen LogP contribution in [0.3, 0.4) is 0 Å². The Morgan fingerprint density at radius 3 is 2.10 bits per heavy atom. The Balaban J connectivity index is 1.55. The van der Waals surface area contributed by atoms with E-state index in [9.17, 15) is 21.6 Å². The molecule has 0 bridgehead atoms. The minimum atomic E-state index is -3.57. The number of anilines is 1. The lowest BCUT2D eigenvalue weighted by Crippen LogP contribution is -2.50. The Hall–Kier alpha value is -2.27. The maximum absolute atomic E-state index is 13.0. The lowest BCUT2D eigenvalue weighted by atomic mass is 10.2. The normalized spacial score (nSPS) is 16.2. The fraction of sp³-hybridized carbons (Fsp3) is 0.381. The second-order valence-corrected chi connectivity index (χ2v) is 11.7. The molecule has 1 N–H and O–H groups in total. The van der Waals surface area contributed by atoms with Crippen LogP contribution in [0.5, 0.6) is 0 Å². The van der Waals surface area contributed by atoms with Crippen molar-refractivity contribution in [1.29, 1.82) is 0 Å². The van der Waals surface area contributed by atoms with Gasteiger partial charge in [-0.3, -0.25) is 9.69 Å². The van der Waals surface area contributed by atoms with E-state index in [-0.39, 0.29) is 17.3 Å². The van der Waals surface area contributed by atoms with Crippen LogP contribution < -0.4 is 5.32 Å².